The summed E-state index contributed by atoms with van der Waals surface area (Å²) in [7, 11) is 0. The van der Waals surface area contributed by atoms with Gasteiger partial charge in [0.25, 0.3) is 0 Å². The van der Waals surface area contributed by atoms with Gasteiger partial charge in [0.2, 0.25) is 5.91 Å². The summed E-state index contributed by atoms with van der Waals surface area (Å²) >= 11 is 0. The van der Waals surface area contributed by atoms with Gasteiger partial charge < -0.3 is 10.6 Å². The average molecular weight is 368 g/mol. The summed E-state index contributed by atoms with van der Waals surface area (Å²) < 4.78 is 14.0. The van der Waals surface area contributed by atoms with E-state index in [9.17, 15) is 9.18 Å². The zero-order valence-corrected chi connectivity index (χ0v) is 15.6. The van der Waals surface area contributed by atoms with Gasteiger partial charge in [-0.2, -0.15) is 0 Å². The number of hydrogen-bond acceptors (Lipinski definition) is 4. The molecule has 0 spiro atoms. The molecule has 0 atom stereocenters. The van der Waals surface area contributed by atoms with Gasteiger partial charge >= 0.3 is 0 Å². The van der Waals surface area contributed by atoms with E-state index in [0.717, 1.165) is 30.8 Å². The van der Waals surface area contributed by atoms with E-state index in [1.165, 1.54) is 17.3 Å². The van der Waals surface area contributed by atoms with Crippen LogP contribution in [0.2, 0.25) is 0 Å². The van der Waals surface area contributed by atoms with Gasteiger partial charge in [0.05, 0.1) is 5.41 Å². The third kappa shape index (κ3) is 3.58. The van der Waals surface area contributed by atoms with Gasteiger partial charge in [-0.05, 0) is 49.8 Å². The van der Waals surface area contributed by atoms with Gasteiger partial charge in [0.15, 0.2) is 0 Å². The summed E-state index contributed by atoms with van der Waals surface area (Å²) in [6, 6.07) is 6.68. The number of aromatic nitrogens is 2. The van der Waals surface area contributed by atoms with Crippen molar-refractivity contribution in [3.63, 3.8) is 0 Å². The fraction of sp³-hybridized carbons (Fsp3) is 0.476. The first kappa shape index (κ1) is 18.0. The Bertz CT molecular complexity index is 863. The summed E-state index contributed by atoms with van der Waals surface area (Å²) in [4.78, 5) is 22.0. The molecule has 0 saturated carbocycles. The fourth-order valence-corrected chi connectivity index (χ4v) is 4.07. The minimum absolute atomic E-state index is 0.0256. The summed E-state index contributed by atoms with van der Waals surface area (Å²) in [5.74, 6) is 0.518. The van der Waals surface area contributed by atoms with E-state index < -0.39 is 5.41 Å². The number of halogens is 1. The quantitative estimate of drug-likeness (QED) is 0.817. The molecule has 5 nitrogen and oxygen atoms in total. The first-order chi connectivity index (χ1) is 13.1. The third-order valence-corrected chi connectivity index (χ3v) is 5.72. The predicted octanol–water partition coefficient (Wildman–Crippen LogP) is 1.90. The van der Waals surface area contributed by atoms with E-state index in [0.29, 0.717) is 38.0 Å². The molecule has 0 unspecified atom stereocenters. The number of hydrogen-bond donors (Lipinski definition) is 2. The second-order valence-electron chi connectivity index (χ2n) is 7.66. The van der Waals surface area contributed by atoms with Crippen molar-refractivity contribution in [3.8, 4) is 0 Å². The van der Waals surface area contributed by atoms with Crippen LogP contribution in [0.5, 0.6) is 0 Å². The number of aryl methyl sites for hydroxylation is 2. The van der Waals surface area contributed by atoms with Crippen LogP contribution >= 0.6 is 0 Å². The maximum absolute atomic E-state index is 14.0. The topological polar surface area (TPSA) is 66.9 Å². The lowest BCUT2D eigenvalue weighted by Crippen LogP contribution is -2.62. The van der Waals surface area contributed by atoms with Gasteiger partial charge in [-0.15, -0.1) is 0 Å². The minimum Gasteiger partial charge on any atom is -0.355 e. The number of carbonyl (C=O) groups is 1. The van der Waals surface area contributed by atoms with Gasteiger partial charge in [-0.25, -0.2) is 14.4 Å². The zero-order valence-electron chi connectivity index (χ0n) is 15.6. The van der Waals surface area contributed by atoms with Gasteiger partial charge in [0, 0.05) is 37.4 Å². The molecule has 2 aromatic rings. The highest BCUT2D eigenvalue weighted by atomic mass is 19.1. The fourth-order valence-electron chi connectivity index (χ4n) is 4.07. The van der Waals surface area contributed by atoms with E-state index in [4.69, 9.17) is 0 Å². The lowest BCUT2D eigenvalue weighted by atomic mass is 9.75. The Morgan fingerprint density at radius 3 is 2.81 bits per heavy atom. The van der Waals surface area contributed by atoms with Crippen molar-refractivity contribution < 1.29 is 9.18 Å². The lowest BCUT2D eigenvalue weighted by Gasteiger charge is -2.41. The van der Waals surface area contributed by atoms with E-state index in [1.54, 1.807) is 12.1 Å². The van der Waals surface area contributed by atoms with Crippen LogP contribution in [0.3, 0.4) is 0 Å². The molecule has 0 bridgehead atoms. The molecule has 4 rings (SSSR count). The average Bonchev–Trinajstić information content (AvgIpc) is 3.08. The molecule has 2 aliphatic rings. The Morgan fingerprint density at radius 2 is 2.07 bits per heavy atom. The number of nitrogens with zero attached hydrogens (tertiary/aromatic N) is 2. The Balaban J connectivity index is 1.37. The molecular formula is C21H25FN4O. The van der Waals surface area contributed by atoms with Crippen LogP contribution in [-0.2, 0) is 30.5 Å². The van der Waals surface area contributed by atoms with Gasteiger partial charge in [-0.1, -0.05) is 18.2 Å². The highest BCUT2D eigenvalue weighted by Gasteiger charge is 2.44. The summed E-state index contributed by atoms with van der Waals surface area (Å²) in [5, 5.41) is 6.18. The lowest BCUT2D eigenvalue weighted by molar-refractivity contribution is -0.133. The Morgan fingerprint density at radius 1 is 1.26 bits per heavy atom. The number of nitrogens with one attached hydrogen (secondary N) is 2. The van der Waals surface area contributed by atoms with Crippen LogP contribution in [0.15, 0.2) is 24.3 Å². The zero-order chi connectivity index (χ0) is 18.9. The maximum Gasteiger partial charge on any atom is 0.229 e. The number of rotatable bonds is 6. The van der Waals surface area contributed by atoms with E-state index in [1.807, 2.05) is 13.0 Å². The molecule has 2 heterocycles. The molecule has 1 amide bonds. The molecule has 1 saturated heterocycles. The maximum atomic E-state index is 14.0. The second kappa shape index (κ2) is 7.35. The molecule has 27 heavy (non-hydrogen) atoms. The van der Waals surface area contributed by atoms with Crippen LogP contribution < -0.4 is 10.6 Å². The molecule has 142 valence electrons. The predicted molar refractivity (Wildman–Crippen MR) is 101 cm³/mol. The van der Waals surface area contributed by atoms with Crippen molar-refractivity contribution in [1.29, 1.82) is 0 Å². The highest BCUT2D eigenvalue weighted by Crippen LogP contribution is 2.29. The van der Waals surface area contributed by atoms with Crippen LogP contribution in [-0.4, -0.2) is 35.5 Å². The largest absolute Gasteiger partial charge is 0.355 e. The van der Waals surface area contributed by atoms with Crippen LogP contribution in [0, 0.1) is 18.2 Å². The Labute approximate surface area is 158 Å². The van der Waals surface area contributed by atoms with E-state index >= 15 is 0 Å². The highest BCUT2D eigenvalue weighted by molar-refractivity contribution is 5.84. The van der Waals surface area contributed by atoms with Crippen LogP contribution in [0.25, 0.3) is 0 Å². The molecule has 2 N–H and O–H groups in total. The number of amides is 1. The summed E-state index contributed by atoms with van der Waals surface area (Å²) in [6.07, 6.45) is 4.27. The van der Waals surface area contributed by atoms with Crippen molar-refractivity contribution in [3.05, 3.63) is 58.4 Å². The number of carbonyl (C=O) groups excluding carboxylic acids is 1. The smallest absolute Gasteiger partial charge is 0.229 e. The molecule has 1 fully saturated rings. The third-order valence-electron chi connectivity index (χ3n) is 5.72. The van der Waals surface area contributed by atoms with Crippen molar-refractivity contribution in [1.82, 2.24) is 20.6 Å². The minimum atomic E-state index is -0.573. The molecule has 0 radical (unpaired) electrons. The van der Waals surface area contributed by atoms with Gasteiger partial charge in [0.1, 0.15) is 11.6 Å². The van der Waals surface area contributed by atoms with Crippen LogP contribution in [0.1, 0.15) is 34.8 Å². The molecule has 1 aromatic carbocycles. The van der Waals surface area contributed by atoms with Crippen molar-refractivity contribution >= 4 is 5.91 Å². The molecule has 6 heteroatoms. The normalized spacial score (nSPS) is 17.3. The number of benzene rings is 1. The first-order valence-electron chi connectivity index (χ1n) is 9.65. The number of fused-ring (bicyclic) bond motifs is 1. The van der Waals surface area contributed by atoms with E-state index in [2.05, 4.69) is 20.6 Å². The van der Waals surface area contributed by atoms with Crippen molar-refractivity contribution in [2.45, 2.75) is 39.0 Å². The monoisotopic (exact) mass is 368 g/mol. The SMILES string of the molecule is Cc1nc(CCNC(=O)C2(Cc3ccccc3F)CNC2)nc2c1CCC2. The molecule has 1 aliphatic carbocycles. The Hall–Kier alpha value is -2.34. The summed E-state index contributed by atoms with van der Waals surface area (Å²) in [5.41, 5.74) is 3.55. The summed E-state index contributed by atoms with van der Waals surface area (Å²) in [6.45, 7) is 3.68. The van der Waals surface area contributed by atoms with Crippen molar-refractivity contribution in [2.24, 2.45) is 5.41 Å². The molecule has 1 aliphatic heterocycles. The van der Waals surface area contributed by atoms with Gasteiger partial charge in [-0.3, -0.25) is 4.79 Å². The molecular weight excluding hydrogens is 343 g/mol. The molecule has 1 aromatic heterocycles. The van der Waals surface area contributed by atoms with E-state index in [-0.39, 0.29) is 11.7 Å². The second-order valence-corrected chi connectivity index (χ2v) is 7.66. The standard InChI is InChI=1S/C21H25FN4O/c1-14-16-6-4-8-18(16)26-19(25-14)9-10-24-20(27)21(12-23-13-21)11-15-5-2-3-7-17(15)22/h2-3,5,7,23H,4,6,8-13H2,1H3,(H,24,27). The first-order valence-corrected chi connectivity index (χ1v) is 9.65. The Kier molecular flexibility index (Phi) is 4.91. The van der Waals surface area contributed by atoms with Crippen LogP contribution in [0.4, 0.5) is 4.39 Å². The van der Waals surface area contributed by atoms with Crippen molar-refractivity contribution in [2.75, 3.05) is 19.6 Å².